The van der Waals surface area contributed by atoms with Crippen molar-refractivity contribution in [2.24, 2.45) is 7.05 Å². The number of methoxy groups -OCH3 is 1. The van der Waals surface area contributed by atoms with E-state index in [0.717, 1.165) is 16.6 Å². The summed E-state index contributed by atoms with van der Waals surface area (Å²) in [6.45, 7) is 2.18. The number of aliphatic hydroxyl groups excluding tert-OH is 1. The summed E-state index contributed by atoms with van der Waals surface area (Å²) in [5.74, 6) is 0.872. The molecule has 4 nitrogen and oxygen atoms in total. The van der Waals surface area contributed by atoms with E-state index in [-0.39, 0.29) is 11.9 Å². The van der Waals surface area contributed by atoms with Crippen LogP contribution in [-0.4, -0.2) is 21.8 Å². The second-order valence-corrected chi connectivity index (χ2v) is 6.79. The van der Waals surface area contributed by atoms with Gasteiger partial charge in [-0.3, -0.25) is 0 Å². The highest BCUT2D eigenvalue weighted by molar-refractivity contribution is 7.99. The Hall–Kier alpha value is -1.98. The van der Waals surface area contributed by atoms with Crippen LogP contribution in [0.15, 0.2) is 47.8 Å². The van der Waals surface area contributed by atoms with E-state index in [1.54, 1.807) is 25.1 Å². The maximum atomic E-state index is 9.26. The summed E-state index contributed by atoms with van der Waals surface area (Å²) in [5, 5.41) is 12.8. The fraction of sp³-hybridized carbons (Fsp3) is 0.278. The molecule has 0 fully saturated rings. The zero-order valence-electron chi connectivity index (χ0n) is 13.5. The Morgan fingerprint density at radius 3 is 2.65 bits per heavy atom. The van der Waals surface area contributed by atoms with Crippen LogP contribution in [0.5, 0.6) is 5.75 Å². The Balaban J connectivity index is 1.85. The summed E-state index contributed by atoms with van der Waals surface area (Å²) in [6, 6.07) is 12.6. The molecular formula is C18H20N2O2S. The first kappa shape index (κ1) is 15.9. The number of aromatic nitrogens is 2. The number of benzene rings is 2. The Kier molecular flexibility index (Phi) is 4.59. The lowest BCUT2D eigenvalue weighted by atomic mass is 10.1. The number of nitrogens with zero attached hydrogens (tertiary/aromatic N) is 2. The molecule has 0 aliphatic rings. The van der Waals surface area contributed by atoms with Crippen LogP contribution in [0.25, 0.3) is 10.8 Å². The molecule has 1 heterocycles. The summed E-state index contributed by atoms with van der Waals surface area (Å²) in [5.41, 5.74) is 2.08. The van der Waals surface area contributed by atoms with Gasteiger partial charge in [0, 0.05) is 12.3 Å². The van der Waals surface area contributed by atoms with Crippen molar-refractivity contribution in [3.63, 3.8) is 0 Å². The average Bonchev–Trinajstić information content (AvgIpc) is 2.93. The summed E-state index contributed by atoms with van der Waals surface area (Å²) in [7, 11) is 3.61. The van der Waals surface area contributed by atoms with Crippen molar-refractivity contribution in [2.75, 3.05) is 7.11 Å². The summed E-state index contributed by atoms with van der Waals surface area (Å²) < 4.78 is 7.21. The minimum absolute atomic E-state index is 0.0102. The summed E-state index contributed by atoms with van der Waals surface area (Å²) >= 11 is 1.69. The lowest BCUT2D eigenvalue weighted by Gasteiger charge is -2.13. The first-order chi connectivity index (χ1) is 11.1. The highest BCUT2D eigenvalue weighted by atomic mass is 32.2. The second kappa shape index (κ2) is 6.64. The standard InChI is InChI=1S/C18H20N2O2S/c1-12(23-18-19-10-16(11-21)20(18)2)13-4-5-15-9-17(22-3)7-6-14(15)8-13/h4-10,12,21H,11H2,1-3H3. The van der Waals surface area contributed by atoms with Crippen LogP contribution in [0.2, 0.25) is 0 Å². The van der Waals surface area contributed by atoms with Crippen molar-refractivity contribution in [3.05, 3.63) is 53.9 Å². The molecule has 0 aliphatic heterocycles. The number of hydrogen-bond donors (Lipinski definition) is 1. The van der Waals surface area contributed by atoms with E-state index in [1.807, 2.05) is 23.7 Å². The number of ether oxygens (including phenoxy) is 1. The van der Waals surface area contributed by atoms with Gasteiger partial charge in [0.25, 0.3) is 0 Å². The Morgan fingerprint density at radius 2 is 1.96 bits per heavy atom. The van der Waals surface area contributed by atoms with Gasteiger partial charge in [0.2, 0.25) is 0 Å². The Labute approximate surface area is 140 Å². The molecule has 0 aliphatic carbocycles. The van der Waals surface area contributed by atoms with Crippen molar-refractivity contribution in [2.45, 2.75) is 23.9 Å². The fourth-order valence-corrected chi connectivity index (χ4v) is 3.52. The highest BCUT2D eigenvalue weighted by Crippen LogP contribution is 2.35. The summed E-state index contributed by atoms with van der Waals surface area (Å²) in [4.78, 5) is 4.39. The molecule has 3 aromatic rings. The van der Waals surface area contributed by atoms with Gasteiger partial charge in [-0.2, -0.15) is 0 Å². The lowest BCUT2D eigenvalue weighted by Crippen LogP contribution is -1.99. The van der Waals surface area contributed by atoms with Gasteiger partial charge in [-0.05, 0) is 35.4 Å². The first-order valence-corrected chi connectivity index (χ1v) is 8.36. The predicted octanol–water partition coefficient (Wildman–Crippen LogP) is 3.93. The van der Waals surface area contributed by atoms with Crippen molar-refractivity contribution < 1.29 is 9.84 Å². The molecule has 1 aromatic heterocycles. The molecule has 0 radical (unpaired) electrons. The van der Waals surface area contributed by atoms with Crippen molar-refractivity contribution in [1.82, 2.24) is 9.55 Å². The van der Waals surface area contributed by atoms with Crippen molar-refractivity contribution in [3.8, 4) is 5.75 Å². The van der Waals surface area contributed by atoms with Gasteiger partial charge in [0.1, 0.15) is 5.75 Å². The van der Waals surface area contributed by atoms with Crippen LogP contribution in [0, 0.1) is 0 Å². The molecular weight excluding hydrogens is 308 g/mol. The van der Waals surface area contributed by atoms with Gasteiger partial charge in [-0.1, -0.05) is 36.0 Å². The van der Waals surface area contributed by atoms with Crippen LogP contribution in [0.4, 0.5) is 0 Å². The third-order valence-electron chi connectivity index (χ3n) is 4.03. The molecule has 0 amide bonds. The topological polar surface area (TPSA) is 47.3 Å². The van der Waals surface area contributed by atoms with E-state index in [1.165, 1.54) is 16.3 Å². The van der Waals surface area contributed by atoms with Crippen LogP contribution in [-0.2, 0) is 13.7 Å². The molecule has 0 bridgehead atoms. The summed E-state index contributed by atoms with van der Waals surface area (Å²) in [6.07, 6.45) is 1.72. The molecule has 1 unspecified atom stereocenters. The molecule has 0 saturated heterocycles. The van der Waals surface area contributed by atoms with Crippen LogP contribution >= 0.6 is 11.8 Å². The quantitative estimate of drug-likeness (QED) is 0.721. The van der Waals surface area contributed by atoms with E-state index >= 15 is 0 Å². The average molecular weight is 328 g/mol. The molecule has 3 rings (SSSR count). The van der Waals surface area contributed by atoms with Gasteiger partial charge >= 0.3 is 0 Å². The van der Waals surface area contributed by atoms with Crippen LogP contribution < -0.4 is 4.74 Å². The van der Waals surface area contributed by atoms with Gasteiger partial charge in [0.05, 0.1) is 25.6 Å². The monoisotopic (exact) mass is 328 g/mol. The minimum Gasteiger partial charge on any atom is -0.497 e. The smallest absolute Gasteiger partial charge is 0.168 e. The predicted molar refractivity (Wildman–Crippen MR) is 93.9 cm³/mol. The van der Waals surface area contributed by atoms with E-state index in [2.05, 4.69) is 36.2 Å². The first-order valence-electron chi connectivity index (χ1n) is 7.48. The Morgan fingerprint density at radius 1 is 1.22 bits per heavy atom. The zero-order valence-corrected chi connectivity index (χ0v) is 14.3. The maximum Gasteiger partial charge on any atom is 0.168 e. The maximum absolute atomic E-state index is 9.26. The molecule has 23 heavy (non-hydrogen) atoms. The highest BCUT2D eigenvalue weighted by Gasteiger charge is 2.13. The molecule has 2 aromatic carbocycles. The molecule has 0 spiro atoms. The van der Waals surface area contributed by atoms with E-state index in [0.29, 0.717) is 0 Å². The number of hydrogen-bond acceptors (Lipinski definition) is 4. The third-order valence-corrected chi connectivity index (χ3v) is 5.24. The number of rotatable bonds is 5. The number of aliphatic hydroxyl groups is 1. The van der Waals surface area contributed by atoms with Gasteiger partial charge in [0.15, 0.2) is 5.16 Å². The van der Waals surface area contributed by atoms with Crippen LogP contribution in [0.1, 0.15) is 23.4 Å². The molecule has 1 atom stereocenters. The zero-order chi connectivity index (χ0) is 16.4. The number of imidazole rings is 1. The molecule has 120 valence electrons. The molecule has 5 heteroatoms. The molecule has 1 N–H and O–H groups in total. The normalized spacial score (nSPS) is 12.5. The van der Waals surface area contributed by atoms with Crippen molar-refractivity contribution in [1.29, 1.82) is 0 Å². The fourth-order valence-electron chi connectivity index (χ4n) is 2.53. The number of fused-ring (bicyclic) bond motifs is 1. The largest absolute Gasteiger partial charge is 0.497 e. The van der Waals surface area contributed by atoms with Gasteiger partial charge in [-0.15, -0.1) is 0 Å². The van der Waals surface area contributed by atoms with Crippen molar-refractivity contribution >= 4 is 22.5 Å². The van der Waals surface area contributed by atoms with E-state index in [9.17, 15) is 5.11 Å². The third kappa shape index (κ3) is 3.21. The molecule has 0 saturated carbocycles. The lowest BCUT2D eigenvalue weighted by molar-refractivity contribution is 0.271. The minimum atomic E-state index is 0.0102. The number of thioether (sulfide) groups is 1. The van der Waals surface area contributed by atoms with E-state index in [4.69, 9.17) is 4.74 Å². The van der Waals surface area contributed by atoms with Gasteiger partial charge < -0.3 is 14.4 Å². The van der Waals surface area contributed by atoms with Crippen LogP contribution in [0.3, 0.4) is 0 Å². The second-order valence-electron chi connectivity index (χ2n) is 5.48. The Bertz CT molecular complexity index is 829. The van der Waals surface area contributed by atoms with E-state index < -0.39 is 0 Å². The SMILES string of the molecule is COc1ccc2cc(C(C)Sc3ncc(CO)n3C)ccc2c1. The van der Waals surface area contributed by atoms with Gasteiger partial charge in [-0.25, -0.2) is 4.98 Å².